The smallest absolute Gasteiger partial charge is 0.339 e. The molecule has 7 nitrogen and oxygen atoms in total. The molecule has 0 fully saturated rings. The summed E-state index contributed by atoms with van der Waals surface area (Å²) >= 11 is 0. The lowest BCUT2D eigenvalue weighted by Crippen LogP contribution is -2.32. The van der Waals surface area contributed by atoms with Crippen LogP contribution in [0.1, 0.15) is 36.2 Å². The SMILES string of the molecule is COc1c(C(=O)O)ccc2c1CCC(C)(C)O2.O=C(Nc1ccccc1)Nc1ccccc1. The normalized spacial score (nSPS) is 13.3. The molecule has 3 N–H and O–H groups in total. The zero-order chi connectivity index (χ0) is 23.8. The quantitative estimate of drug-likeness (QED) is 0.467. The fourth-order valence-electron chi connectivity index (χ4n) is 3.45. The van der Waals surface area contributed by atoms with Crippen LogP contribution in [-0.2, 0) is 6.42 Å². The molecule has 1 aliphatic heterocycles. The number of carboxylic acid groups (broad SMARTS) is 1. The highest BCUT2D eigenvalue weighted by Gasteiger charge is 2.30. The van der Waals surface area contributed by atoms with Crippen LogP contribution in [0.5, 0.6) is 11.5 Å². The van der Waals surface area contributed by atoms with Crippen LogP contribution in [0.3, 0.4) is 0 Å². The second kappa shape index (κ2) is 10.5. The summed E-state index contributed by atoms with van der Waals surface area (Å²) in [5.74, 6) is 0.170. The van der Waals surface area contributed by atoms with Gasteiger partial charge in [0.1, 0.15) is 22.7 Å². The van der Waals surface area contributed by atoms with E-state index in [0.29, 0.717) is 5.75 Å². The van der Waals surface area contributed by atoms with E-state index in [1.54, 1.807) is 6.07 Å². The molecule has 3 aromatic carbocycles. The van der Waals surface area contributed by atoms with Crippen molar-refractivity contribution in [2.45, 2.75) is 32.3 Å². The molecule has 0 aliphatic carbocycles. The first-order chi connectivity index (χ1) is 15.8. The molecule has 3 aromatic rings. The van der Waals surface area contributed by atoms with Crippen LogP contribution in [0.25, 0.3) is 0 Å². The van der Waals surface area contributed by atoms with E-state index in [1.807, 2.05) is 74.5 Å². The number of aromatic carboxylic acids is 1. The molecule has 0 aromatic heterocycles. The van der Waals surface area contributed by atoms with Gasteiger partial charge in [0, 0.05) is 16.9 Å². The van der Waals surface area contributed by atoms with E-state index in [0.717, 1.165) is 35.5 Å². The summed E-state index contributed by atoms with van der Waals surface area (Å²) in [4.78, 5) is 22.6. The molecule has 1 heterocycles. The molecule has 0 bridgehead atoms. The van der Waals surface area contributed by atoms with Gasteiger partial charge in [-0.05, 0) is 63.1 Å². The van der Waals surface area contributed by atoms with Crippen molar-refractivity contribution in [2.24, 2.45) is 0 Å². The van der Waals surface area contributed by atoms with Crippen molar-refractivity contribution in [1.29, 1.82) is 0 Å². The highest BCUT2D eigenvalue weighted by Crippen LogP contribution is 2.40. The van der Waals surface area contributed by atoms with Gasteiger partial charge in [0.05, 0.1) is 7.11 Å². The van der Waals surface area contributed by atoms with Gasteiger partial charge in [-0.1, -0.05) is 36.4 Å². The Kier molecular flexibility index (Phi) is 7.56. The minimum atomic E-state index is -0.977. The molecule has 0 spiro atoms. The van der Waals surface area contributed by atoms with Gasteiger partial charge in [0.15, 0.2) is 0 Å². The maximum Gasteiger partial charge on any atom is 0.339 e. The van der Waals surface area contributed by atoms with E-state index in [1.165, 1.54) is 13.2 Å². The van der Waals surface area contributed by atoms with Crippen LogP contribution in [-0.4, -0.2) is 29.8 Å². The van der Waals surface area contributed by atoms with Crippen molar-refractivity contribution < 1.29 is 24.2 Å². The molecule has 172 valence electrons. The van der Waals surface area contributed by atoms with Gasteiger partial charge in [-0.2, -0.15) is 0 Å². The minimum Gasteiger partial charge on any atom is -0.495 e. The first-order valence-electron chi connectivity index (χ1n) is 10.6. The lowest BCUT2D eigenvalue weighted by Gasteiger charge is -2.33. The van der Waals surface area contributed by atoms with E-state index < -0.39 is 5.97 Å². The van der Waals surface area contributed by atoms with Crippen molar-refractivity contribution in [3.05, 3.63) is 83.9 Å². The van der Waals surface area contributed by atoms with Crippen molar-refractivity contribution in [3.63, 3.8) is 0 Å². The Morgan fingerprint density at radius 3 is 1.94 bits per heavy atom. The summed E-state index contributed by atoms with van der Waals surface area (Å²) in [7, 11) is 1.49. The predicted octanol–water partition coefficient (Wildman–Crippen LogP) is 5.83. The molecule has 0 saturated carbocycles. The zero-order valence-corrected chi connectivity index (χ0v) is 18.9. The van der Waals surface area contributed by atoms with Crippen LogP contribution < -0.4 is 20.1 Å². The third kappa shape index (κ3) is 6.49. The first-order valence-corrected chi connectivity index (χ1v) is 10.6. The van der Waals surface area contributed by atoms with E-state index in [4.69, 9.17) is 14.6 Å². The van der Waals surface area contributed by atoms with E-state index in [-0.39, 0.29) is 17.2 Å². The number of para-hydroxylation sites is 2. The number of ether oxygens (including phenoxy) is 2. The fraction of sp³-hybridized carbons (Fsp3) is 0.231. The van der Waals surface area contributed by atoms with Gasteiger partial charge in [0.2, 0.25) is 0 Å². The average molecular weight is 449 g/mol. The zero-order valence-electron chi connectivity index (χ0n) is 18.9. The summed E-state index contributed by atoms with van der Waals surface area (Å²) in [5, 5.41) is 14.6. The third-order valence-corrected chi connectivity index (χ3v) is 5.08. The van der Waals surface area contributed by atoms with E-state index in [2.05, 4.69) is 10.6 Å². The summed E-state index contributed by atoms with van der Waals surface area (Å²) in [6, 6.07) is 21.7. The Hall–Kier alpha value is -4.00. The lowest BCUT2D eigenvalue weighted by atomic mass is 9.92. The number of carbonyl (C=O) groups excluding carboxylic acids is 1. The van der Waals surface area contributed by atoms with Crippen molar-refractivity contribution in [3.8, 4) is 11.5 Å². The molecule has 33 heavy (non-hydrogen) atoms. The largest absolute Gasteiger partial charge is 0.495 e. The molecule has 0 radical (unpaired) electrons. The highest BCUT2D eigenvalue weighted by atomic mass is 16.5. The van der Waals surface area contributed by atoms with Crippen molar-refractivity contribution in [1.82, 2.24) is 0 Å². The first kappa shape index (κ1) is 23.7. The Morgan fingerprint density at radius 1 is 0.909 bits per heavy atom. The number of amides is 2. The second-order valence-corrected chi connectivity index (χ2v) is 8.10. The van der Waals surface area contributed by atoms with E-state index in [9.17, 15) is 9.59 Å². The standard InChI is InChI=1S/C13H12N2O.C13H16O4/c16-13(14-11-7-3-1-4-8-11)15-12-9-5-2-6-10-12;1-13(2)7-6-8-10(17-13)5-4-9(12(14)15)11(8)16-3/h1-10H,(H2,14,15,16);4-5H,6-7H2,1-3H3,(H,14,15). The molecule has 0 unspecified atom stereocenters. The molecule has 2 amide bonds. The number of benzene rings is 3. The fourth-order valence-corrected chi connectivity index (χ4v) is 3.45. The number of fused-ring (bicyclic) bond motifs is 1. The summed E-state index contributed by atoms with van der Waals surface area (Å²) in [6.45, 7) is 4.04. The van der Waals surface area contributed by atoms with Gasteiger partial charge in [0.25, 0.3) is 0 Å². The summed E-state index contributed by atoms with van der Waals surface area (Å²) in [5.41, 5.74) is 2.39. The monoisotopic (exact) mass is 448 g/mol. The molecule has 4 rings (SSSR count). The summed E-state index contributed by atoms with van der Waals surface area (Å²) in [6.07, 6.45) is 1.62. The number of rotatable bonds is 4. The number of nitrogens with one attached hydrogen (secondary N) is 2. The van der Waals surface area contributed by atoms with Crippen LogP contribution in [0.15, 0.2) is 72.8 Å². The Labute approximate surface area is 193 Å². The minimum absolute atomic E-state index is 0.189. The Bertz CT molecular complexity index is 1050. The van der Waals surface area contributed by atoms with Gasteiger partial charge >= 0.3 is 12.0 Å². The maximum atomic E-state index is 11.6. The van der Waals surface area contributed by atoms with Gasteiger partial charge in [-0.25, -0.2) is 9.59 Å². The van der Waals surface area contributed by atoms with Crippen LogP contribution >= 0.6 is 0 Å². The topological polar surface area (TPSA) is 96.9 Å². The lowest BCUT2D eigenvalue weighted by molar-refractivity contribution is 0.0690. The van der Waals surface area contributed by atoms with Gasteiger partial charge < -0.3 is 25.2 Å². The van der Waals surface area contributed by atoms with Gasteiger partial charge in [-0.15, -0.1) is 0 Å². The molecule has 7 heteroatoms. The van der Waals surface area contributed by atoms with Crippen LogP contribution in [0, 0.1) is 0 Å². The summed E-state index contributed by atoms with van der Waals surface area (Å²) < 4.78 is 11.0. The number of carboxylic acids is 1. The maximum absolute atomic E-state index is 11.6. The predicted molar refractivity (Wildman–Crippen MR) is 129 cm³/mol. The Balaban J connectivity index is 0.000000186. The van der Waals surface area contributed by atoms with Crippen LogP contribution in [0.4, 0.5) is 16.2 Å². The molecular formula is C26H28N2O5. The second-order valence-electron chi connectivity index (χ2n) is 8.10. The molecule has 0 saturated heterocycles. The number of urea groups is 1. The number of anilines is 2. The molecule has 0 atom stereocenters. The molecule has 1 aliphatic rings. The highest BCUT2D eigenvalue weighted by molar-refractivity contribution is 5.99. The number of methoxy groups -OCH3 is 1. The third-order valence-electron chi connectivity index (χ3n) is 5.08. The average Bonchev–Trinajstić information content (AvgIpc) is 2.79. The number of hydrogen-bond acceptors (Lipinski definition) is 4. The van der Waals surface area contributed by atoms with Crippen molar-refractivity contribution >= 4 is 23.4 Å². The Morgan fingerprint density at radius 2 is 1.45 bits per heavy atom. The van der Waals surface area contributed by atoms with Crippen molar-refractivity contribution in [2.75, 3.05) is 17.7 Å². The van der Waals surface area contributed by atoms with Crippen LogP contribution in [0.2, 0.25) is 0 Å². The number of carbonyl (C=O) groups is 2. The van der Waals surface area contributed by atoms with E-state index >= 15 is 0 Å². The van der Waals surface area contributed by atoms with Gasteiger partial charge in [-0.3, -0.25) is 0 Å². The molecular weight excluding hydrogens is 420 g/mol. The number of hydrogen-bond donors (Lipinski definition) is 3.